The lowest BCUT2D eigenvalue weighted by Gasteiger charge is -2.19. The molecule has 86 valence electrons. The van der Waals surface area contributed by atoms with E-state index in [1.165, 1.54) is 45.1 Å². The van der Waals surface area contributed by atoms with E-state index in [2.05, 4.69) is 33.0 Å². The van der Waals surface area contributed by atoms with Gasteiger partial charge in [0.15, 0.2) is 0 Å². The van der Waals surface area contributed by atoms with Crippen LogP contribution in [0.4, 0.5) is 0 Å². The Kier molecular flexibility index (Phi) is 9.49. The largest absolute Gasteiger partial charge is 0.314 e. The van der Waals surface area contributed by atoms with Crippen molar-refractivity contribution >= 4 is 0 Å². The maximum Gasteiger partial charge on any atom is 0.00642 e. The molecule has 1 nitrogen and oxygen atoms in total. The Morgan fingerprint density at radius 1 is 0.929 bits per heavy atom. The predicted molar refractivity (Wildman–Crippen MR) is 65.7 cm³/mol. The maximum atomic E-state index is 3.61. The van der Waals surface area contributed by atoms with Crippen molar-refractivity contribution in [2.24, 2.45) is 5.92 Å². The molecule has 0 aliphatic rings. The lowest BCUT2D eigenvalue weighted by Crippen LogP contribution is -2.32. The van der Waals surface area contributed by atoms with Gasteiger partial charge in [0.1, 0.15) is 0 Å². The molecule has 0 aliphatic heterocycles. The summed E-state index contributed by atoms with van der Waals surface area (Å²) in [6.07, 6.45) is 8.19. The molecular formula is C13H29N. The Morgan fingerprint density at radius 2 is 1.57 bits per heavy atom. The first-order valence-electron chi connectivity index (χ1n) is 6.45. The van der Waals surface area contributed by atoms with Crippen LogP contribution in [0.25, 0.3) is 0 Å². The number of rotatable bonds is 9. The molecule has 0 fully saturated rings. The Balaban J connectivity index is 3.18. The standard InChI is InChI=1S/C13H29N/c1-5-7-8-9-10-11-14-13(4)12(3)6-2/h12-14H,5-11H2,1-4H3. The van der Waals surface area contributed by atoms with E-state index < -0.39 is 0 Å². The molecule has 0 saturated heterocycles. The first-order chi connectivity index (χ1) is 6.72. The van der Waals surface area contributed by atoms with Gasteiger partial charge in [0.05, 0.1) is 0 Å². The molecule has 14 heavy (non-hydrogen) atoms. The van der Waals surface area contributed by atoms with Crippen LogP contribution in [0.5, 0.6) is 0 Å². The summed E-state index contributed by atoms with van der Waals surface area (Å²) < 4.78 is 0. The monoisotopic (exact) mass is 199 g/mol. The molecule has 2 unspecified atom stereocenters. The van der Waals surface area contributed by atoms with E-state index in [9.17, 15) is 0 Å². The summed E-state index contributed by atoms with van der Waals surface area (Å²) in [5, 5.41) is 3.61. The second-order valence-electron chi connectivity index (χ2n) is 4.54. The van der Waals surface area contributed by atoms with Crippen molar-refractivity contribution in [2.45, 2.75) is 72.3 Å². The third kappa shape index (κ3) is 7.37. The van der Waals surface area contributed by atoms with E-state index in [0.717, 1.165) is 5.92 Å². The van der Waals surface area contributed by atoms with Crippen LogP contribution in [0, 0.1) is 5.92 Å². The van der Waals surface area contributed by atoms with Crippen molar-refractivity contribution in [3.8, 4) is 0 Å². The van der Waals surface area contributed by atoms with Crippen LogP contribution in [0.15, 0.2) is 0 Å². The van der Waals surface area contributed by atoms with Crippen molar-refractivity contribution in [3.05, 3.63) is 0 Å². The fraction of sp³-hybridized carbons (Fsp3) is 1.00. The van der Waals surface area contributed by atoms with Gasteiger partial charge in [-0.1, -0.05) is 52.9 Å². The van der Waals surface area contributed by atoms with E-state index in [-0.39, 0.29) is 0 Å². The van der Waals surface area contributed by atoms with Gasteiger partial charge in [-0.15, -0.1) is 0 Å². The van der Waals surface area contributed by atoms with E-state index in [4.69, 9.17) is 0 Å². The minimum absolute atomic E-state index is 0.686. The summed E-state index contributed by atoms with van der Waals surface area (Å²) in [7, 11) is 0. The van der Waals surface area contributed by atoms with Crippen molar-refractivity contribution < 1.29 is 0 Å². The third-order valence-electron chi connectivity index (χ3n) is 3.24. The van der Waals surface area contributed by atoms with E-state index in [1.807, 2.05) is 0 Å². The molecule has 0 aromatic carbocycles. The quantitative estimate of drug-likeness (QED) is 0.554. The van der Waals surface area contributed by atoms with Gasteiger partial charge in [-0.2, -0.15) is 0 Å². The highest BCUT2D eigenvalue weighted by Crippen LogP contribution is 2.07. The van der Waals surface area contributed by atoms with Gasteiger partial charge < -0.3 is 5.32 Å². The molecule has 0 saturated carbocycles. The van der Waals surface area contributed by atoms with Gasteiger partial charge in [0, 0.05) is 6.04 Å². The van der Waals surface area contributed by atoms with Gasteiger partial charge in [-0.25, -0.2) is 0 Å². The Bertz CT molecular complexity index is 112. The highest BCUT2D eigenvalue weighted by atomic mass is 14.9. The predicted octanol–water partition coefficient (Wildman–Crippen LogP) is 3.98. The molecule has 0 amide bonds. The van der Waals surface area contributed by atoms with Crippen molar-refractivity contribution in [1.82, 2.24) is 5.32 Å². The molecule has 0 rings (SSSR count). The van der Waals surface area contributed by atoms with E-state index >= 15 is 0 Å². The minimum atomic E-state index is 0.686. The molecule has 0 heterocycles. The minimum Gasteiger partial charge on any atom is -0.314 e. The highest BCUT2D eigenvalue weighted by molar-refractivity contribution is 4.66. The van der Waals surface area contributed by atoms with Crippen LogP contribution < -0.4 is 5.32 Å². The van der Waals surface area contributed by atoms with Crippen LogP contribution in [0.2, 0.25) is 0 Å². The van der Waals surface area contributed by atoms with Gasteiger partial charge in [-0.05, 0) is 25.8 Å². The summed E-state index contributed by atoms with van der Waals surface area (Å²) in [5.74, 6) is 0.811. The molecular weight excluding hydrogens is 170 g/mol. The third-order valence-corrected chi connectivity index (χ3v) is 3.24. The molecule has 0 aromatic rings. The molecule has 1 heteroatoms. The lowest BCUT2D eigenvalue weighted by atomic mass is 10.0. The zero-order valence-corrected chi connectivity index (χ0v) is 10.6. The van der Waals surface area contributed by atoms with Crippen molar-refractivity contribution in [2.75, 3.05) is 6.54 Å². The molecule has 0 bridgehead atoms. The average molecular weight is 199 g/mol. The fourth-order valence-electron chi connectivity index (χ4n) is 1.61. The summed E-state index contributed by atoms with van der Waals surface area (Å²) >= 11 is 0. The molecule has 0 radical (unpaired) electrons. The fourth-order valence-corrected chi connectivity index (χ4v) is 1.61. The Labute approximate surface area is 90.7 Å². The Hall–Kier alpha value is -0.0400. The average Bonchev–Trinajstić information content (AvgIpc) is 2.21. The zero-order chi connectivity index (χ0) is 10.8. The molecule has 2 atom stereocenters. The van der Waals surface area contributed by atoms with Gasteiger partial charge in [0.25, 0.3) is 0 Å². The number of nitrogens with one attached hydrogen (secondary N) is 1. The van der Waals surface area contributed by atoms with E-state index in [0.29, 0.717) is 6.04 Å². The molecule has 1 N–H and O–H groups in total. The summed E-state index contributed by atoms with van der Waals surface area (Å²) in [5.41, 5.74) is 0. The summed E-state index contributed by atoms with van der Waals surface area (Å²) in [4.78, 5) is 0. The van der Waals surface area contributed by atoms with Gasteiger partial charge >= 0.3 is 0 Å². The number of hydrogen-bond acceptors (Lipinski definition) is 1. The first-order valence-corrected chi connectivity index (χ1v) is 6.45. The number of unbranched alkanes of at least 4 members (excludes halogenated alkanes) is 4. The van der Waals surface area contributed by atoms with Crippen molar-refractivity contribution in [3.63, 3.8) is 0 Å². The lowest BCUT2D eigenvalue weighted by molar-refractivity contribution is 0.386. The van der Waals surface area contributed by atoms with Gasteiger partial charge in [0.2, 0.25) is 0 Å². The van der Waals surface area contributed by atoms with Crippen LogP contribution >= 0.6 is 0 Å². The molecule has 0 aliphatic carbocycles. The van der Waals surface area contributed by atoms with Crippen LogP contribution in [-0.2, 0) is 0 Å². The van der Waals surface area contributed by atoms with Crippen molar-refractivity contribution in [1.29, 1.82) is 0 Å². The van der Waals surface area contributed by atoms with Gasteiger partial charge in [-0.3, -0.25) is 0 Å². The normalized spacial score (nSPS) is 15.4. The molecule has 0 spiro atoms. The first kappa shape index (κ1) is 14.0. The second kappa shape index (κ2) is 9.51. The Morgan fingerprint density at radius 3 is 2.14 bits per heavy atom. The topological polar surface area (TPSA) is 12.0 Å². The highest BCUT2D eigenvalue weighted by Gasteiger charge is 2.07. The SMILES string of the molecule is CCCCCCCNC(C)C(C)CC. The van der Waals surface area contributed by atoms with Crippen LogP contribution in [0.3, 0.4) is 0 Å². The van der Waals surface area contributed by atoms with E-state index in [1.54, 1.807) is 0 Å². The van der Waals surface area contributed by atoms with Crippen LogP contribution in [-0.4, -0.2) is 12.6 Å². The number of hydrogen-bond donors (Lipinski definition) is 1. The second-order valence-corrected chi connectivity index (χ2v) is 4.54. The smallest absolute Gasteiger partial charge is 0.00642 e. The summed E-state index contributed by atoms with van der Waals surface area (Å²) in [6.45, 7) is 10.4. The molecule has 0 aromatic heterocycles. The van der Waals surface area contributed by atoms with Crippen LogP contribution in [0.1, 0.15) is 66.2 Å². The maximum absolute atomic E-state index is 3.61. The zero-order valence-electron chi connectivity index (χ0n) is 10.6. The summed E-state index contributed by atoms with van der Waals surface area (Å²) in [6, 6.07) is 0.686.